The third-order valence-electron chi connectivity index (χ3n) is 5.04. The minimum atomic E-state index is -4.06. The zero-order valence-corrected chi connectivity index (χ0v) is 20.1. The van der Waals surface area contributed by atoms with E-state index in [-0.39, 0.29) is 28.6 Å². The molecule has 1 N–H and O–H groups in total. The van der Waals surface area contributed by atoms with E-state index in [0.29, 0.717) is 22.6 Å². The van der Waals surface area contributed by atoms with Crippen molar-refractivity contribution in [2.75, 3.05) is 18.9 Å². The van der Waals surface area contributed by atoms with E-state index in [0.717, 1.165) is 5.56 Å². The number of hydrogen-bond donors (Lipinski definition) is 1. The number of benzene rings is 3. The fourth-order valence-corrected chi connectivity index (χ4v) is 4.44. The van der Waals surface area contributed by atoms with Crippen molar-refractivity contribution in [1.29, 1.82) is 0 Å². The normalized spacial score (nSPS) is 10.9. The average Bonchev–Trinajstić information content (AvgIpc) is 2.83. The third kappa shape index (κ3) is 5.74. The lowest BCUT2D eigenvalue weighted by Gasteiger charge is -2.14. The maximum absolute atomic E-state index is 13.0. The molecule has 3 aromatic rings. The first kappa shape index (κ1) is 24.8. The Balaban J connectivity index is 1.85. The zero-order valence-electron chi connectivity index (χ0n) is 19.2. The van der Waals surface area contributed by atoms with Crippen LogP contribution in [0.15, 0.2) is 65.6 Å². The number of Topliss-reactive ketones (excluding diaryl/α,β-unsaturated/α-hetero) is 1. The molecule has 0 bridgehead atoms. The summed E-state index contributed by atoms with van der Waals surface area (Å²) in [6.45, 7) is 3.16. The van der Waals surface area contributed by atoms with E-state index in [1.54, 1.807) is 42.5 Å². The fourth-order valence-electron chi connectivity index (χ4n) is 3.18. The minimum absolute atomic E-state index is 0.0202. The summed E-state index contributed by atoms with van der Waals surface area (Å²) < 4.78 is 44.4. The van der Waals surface area contributed by atoms with Gasteiger partial charge < -0.3 is 14.2 Å². The molecule has 0 aromatic heterocycles. The predicted octanol–water partition coefficient (Wildman–Crippen LogP) is 4.37. The molecule has 0 aliphatic carbocycles. The van der Waals surface area contributed by atoms with Gasteiger partial charge in [0.2, 0.25) is 0 Å². The van der Waals surface area contributed by atoms with Crippen LogP contribution in [0.2, 0.25) is 0 Å². The van der Waals surface area contributed by atoms with Crippen LogP contribution in [0.3, 0.4) is 0 Å². The van der Waals surface area contributed by atoms with Gasteiger partial charge in [0.1, 0.15) is 23.0 Å². The molecule has 0 amide bonds. The molecule has 3 aromatic carbocycles. The number of esters is 1. The lowest BCUT2D eigenvalue weighted by Crippen LogP contribution is -2.15. The molecular weight excluding hydrogens is 458 g/mol. The lowest BCUT2D eigenvalue weighted by molar-refractivity contribution is 0.0470. The van der Waals surface area contributed by atoms with Crippen LogP contribution in [0.25, 0.3) is 0 Å². The summed E-state index contributed by atoms with van der Waals surface area (Å²) in [5.41, 5.74) is 2.33. The van der Waals surface area contributed by atoms with E-state index in [4.69, 9.17) is 14.2 Å². The number of hydrogen-bond acceptors (Lipinski definition) is 7. The van der Waals surface area contributed by atoms with E-state index in [1.165, 1.54) is 39.3 Å². The summed E-state index contributed by atoms with van der Waals surface area (Å²) in [6, 6.07) is 15.6. The Kier molecular flexibility index (Phi) is 7.57. The Labute approximate surface area is 198 Å². The molecule has 0 spiro atoms. The standard InChI is InChI=1S/C25H25NO7S/c1-16-5-9-21(10-6-16)26-34(29,30)24-14-19(8-12-23(24)32-4)25(28)33-15-20-13-18(17(2)27)7-11-22(20)31-3/h5-14,26H,15H2,1-4H3. The first-order valence-electron chi connectivity index (χ1n) is 10.3. The van der Waals surface area contributed by atoms with E-state index in [1.807, 2.05) is 6.92 Å². The number of methoxy groups -OCH3 is 2. The van der Waals surface area contributed by atoms with Gasteiger partial charge >= 0.3 is 5.97 Å². The molecule has 0 aliphatic heterocycles. The zero-order chi connectivity index (χ0) is 24.9. The number of sulfonamides is 1. The Bertz CT molecular complexity index is 1320. The van der Waals surface area contributed by atoms with Gasteiger partial charge in [0.15, 0.2) is 5.78 Å². The highest BCUT2D eigenvalue weighted by Crippen LogP contribution is 2.28. The van der Waals surface area contributed by atoms with Gasteiger partial charge in [-0.2, -0.15) is 0 Å². The van der Waals surface area contributed by atoms with Crippen molar-refractivity contribution in [3.63, 3.8) is 0 Å². The monoisotopic (exact) mass is 483 g/mol. The van der Waals surface area contributed by atoms with Crippen LogP contribution in [-0.4, -0.2) is 34.4 Å². The van der Waals surface area contributed by atoms with E-state index in [9.17, 15) is 18.0 Å². The minimum Gasteiger partial charge on any atom is -0.496 e. The second-order valence-corrected chi connectivity index (χ2v) is 9.15. The molecule has 8 nitrogen and oxygen atoms in total. The van der Waals surface area contributed by atoms with E-state index >= 15 is 0 Å². The average molecular weight is 484 g/mol. The Hall–Kier alpha value is -3.85. The summed E-state index contributed by atoms with van der Waals surface area (Å²) in [4.78, 5) is 24.2. The third-order valence-corrected chi connectivity index (χ3v) is 6.44. The van der Waals surface area contributed by atoms with Crippen molar-refractivity contribution < 1.29 is 32.2 Å². The Morgan fingerprint density at radius 1 is 0.853 bits per heavy atom. The van der Waals surface area contributed by atoms with Crippen LogP contribution >= 0.6 is 0 Å². The topological polar surface area (TPSA) is 108 Å². The number of nitrogens with one attached hydrogen (secondary N) is 1. The molecule has 34 heavy (non-hydrogen) atoms. The molecular formula is C25H25NO7S. The highest BCUT2D eigenvalue weighted by Gasteiger charge is 2.23. The molecule has 0 fully saturated rings. The number of carbonyl (C=O) groups excluding carboxylic acids is 2. The fraction of sp³-hybridized carbons (Fsp3) is 0.200. The number of anilines is 1. The molecule has 0 aliphatic rings. The van der Waals surface area contributed by atoms with Crippen LogP contribution < -0.4 is 14.2 Å². The second kappa shape index (κ2) is 10.4. The van der Waals surface area contributed by atoms with Gasteiger partial charge in [0.05, 0.1) is 19.8 Å². The molecule has 3 rings (SSSR count). The number of ether oxygens (including phenoxy) is 3. The van der Waals surface area contributed by atoms with Gasteiger partial charge in [0.25, 0.3) is 10.0 Å². The maximum Gasteiger partial charge on any atom is 0.338 e. The first-order chi connectivity index (χ1) is 16.1. The van der Waals surface area contributed by atoms with Gasteiger partial charge in [-0.15, -0.1) is 0 Å². The van der Waals surface area contributed by atoms with Gasteiger partial charge in [0, 0.05) is 16.8 Å². The molecule has 0 saturated heterocycles. The predicted molar refractivity (Wildman–Crippen MR) is 127 cm³/mol. The Morgan fingerprint density at radius 2 is 1.47 bits per heavy atom. The highest BCUT2D eigenvalue weighted by atomic mass is 32.2. The summed E-state index contributed by atoms with van der Waals surface area (Å²) in [7, 11) is -1.25. The molecule has 9 heteroatoms. The van der Waals surface area contributed by atoms with Gasteiger partial charge in [-0.1, -0.05) is 17.7 Å². The van der Waals surface area contributed by atoms with Crippen molar-refractivity contribution in [2.45, 2.75) is 25.3 Å². The molecule has 0 saturated carbocycles. The van der Waals surface area contributed by atoms with Crippen LogP contribution in [-0.2, 0) is 21.4 Å². The van der Waals surface area contributed by atoms with Crippen LogP contribution in [0.1, 0.15) is 38.8 Å². The second-order valence-electron chi connectivity index (χ2n) is 7.50. The molecule has 0 heterocycles. The molecule has 178 valence electrons. The smallest absolute Gasteiger partial charge is 0.338 e. The van der Waals surface area contributed by atoms with Crippen molar-refractivity contribution >= 4 is 27.5 Å². The van der Waals surface area contributed by atoms with Crippen molar-refractivity contribution in [3.05, 3.63) is 82.9 Å². The maximum atomic E-state index is 13.0. The van der Waals surface area contributed by atoms with Crippen molar-refractivity contribution in [1.82, 2.24) is 0 Å². The summed E-state index contributed by atoms with van der Waals surface area (Å²) >= 11 is 0. The molecule has 0 radical (unpaired) electrons. The number of rotatable bonds is 9. The number of aryl methyl sites for hydroxylation is 1. The highest BCUT2D eigenvalue weighted by molar-refractivity contribution is 7.92. The van der Waals surface area contributed by atoms with Crippen LogP contribution in [0, 0.1) is 6.92 Å². The summed E-state index contributed by atoms with van der Waals surface area (Å²) in [6.07, 6.45) is 0. The number of ketones is 1. The van der Waals surface area contributed by atoms with Crippen LogP contribution in [0.4, 0.5) is 5.69 Å². The number of carbonyl (C=O) groups is 2. The van der Waals surface area contributed by atoms with Gasteiger partial charge in [-0.3, -0.25) is 9.52 Å². The molecule has 0 unspecified atom stereocenters. The first-order valence-corrected chi connectivity index (χ1v) is 11.8. The van der Waals surface area contributed by atoms with Gasteiger partial charge in [-0.05, 0) is 62.4 Å². The largest absolute Gasteiger partial charge is 0.496 e. The van der Waals surface area contributed by atoms with E-state index in [2.05, 4.69) is 4.72 Å². The quantitative estimate of drug-likeness (QED) is 0.356. The van der Waals surface area contributed by atoms with Crippen molar-refractivity contribution in [2.24, 2.45) is 0 Å². The van der Waals surface area contributed by atoms with Crippen molar-refractivity contribution in [3.8, 4) is 11.5 Å². The lowest BCUT2D eigenvalue weighted by atomic mass is 10.1. The SMILES string of the molecule is COc1ccc(C(C)=O)cc1COC(=O)c1ccc(OC)c(S(=O)(=O)Nc2ccc(C)cc2)c1. The Morgan fingerprint density at radius 3 is 2.09 bits per heavy atom. The van der Waals surface area contributed by atoms with Gasteiger partial charge in [-0.25, -0.2) is 13.2 Å². The van der Waals surface area contributed by atoms with E-state index < -0.39 is 16.0 Å². The van der Waals surface area contributed by atoms with Crippen LogP contribution in [0.5, 0.6) is 11.5 Å². The summed E-state index contributed by atoms with van der Waals surface area (Å²) in [5.74, 6) is -0.351. The summed E-state index contributed by atoms with van der Waals surface area (Å²) in [5, 5.41) is 0. The molecule has 0 atom stereocenters.